The molecule has 0 aliphatic heterocycles. The van der Waals surface area contributed by atoms with Crippen LogP contribution < -0.4 is 0 Å². The molecule has 2 nitrogen and oxygen atoms in total. The summed E-state index contributed by atoms with van der Waals surface area (Å²) in [5, 5.41) is 0. The highest BCUT2D eigenvalue weighted by Gasteiger charge is 2.36. The Balaban J connectivity index is 4.31. The molecule has 0 radical (unpaired) electrons. The molecule has 0 unspecified atom stereocenters. The van der Waals surface area contributed by atoms with Crippen molar-refractivity contribution in [1.29, 1.82) is 0 Å². The van der Waals surface area contributed by atoms with Crippen LogP contribution >= 0.6 is 0 Å². The van der Waals surface area contributed by atoms with Gasteiger partial charge in [0, 0.05) is 0 Å². The van der Waals surface area contributed by atoms with E-state index < -0.39 is 19.5 Å². The van der Waals surface area contributed by atoms with Gasteiger partial charge in [-0.2, -0.15) is 0 Å². The van der Waals surface area contributed by atoms with Crippen molar-refractivity contribution in [3.8, 4) is 0 Å². The lowest BCUT2D eigenvalue weighted by Crippen LogP contribution is -2.42. The van der Waals surface area contributed by atoms with E-state index in [9.17, 15) is 0 Å². The summed E-state index contributed by atoms with van der Waals surface area (Å²) < 4.78 is 12.8. The van der Waals surface area contributed by atoms with Gasteiger partial charge in [0.2, 0.25) is 0 Å². The summed E-state index contributed by atoms with van der Waals surface area (Å²) in [5.41, 5.74) is 0.844. The zero-order chi connectivity index (χ0) is 19.4. The van der Waals surface area contributed by atoms with E-state index in [1.807, 2.05) is 0 Å². The van der Waals surface area contributed by atoms with Gasteiger partial charge in [0.15, 0.2) is 19.5 Å². The van der Waals surface area contributed by atoms with E-state index >= 15 is 0 Å². The number of hydrogen-bond donors (Lipinski definition) is 0. The third-order valence-corrected chi connectivity index (χ3v) is 7.97. The summed E-state index contributed by atoms with van der Waals surface area (Å²) in [4.78, 5) is 0. The fourth-order valence-electron chi connectivity index (χ4n) is 4.20. The first-order chi connectivity index (χ1) is 10.5. The Morgan fingerprint density at radius 2 is 0.708 bits per heavy atom. The summed E-state index contributed by atoms with van der Waals surface area (Å²) in [6, 6.07) is 2.52. The molecule has 0 heterocycles. The minimum absolute atomic E-state index is 0.211. The van der Waals surface area contributed by atoms with Gasteiger partial charge in [0.05, 0.1) is 12.2 Å². The second-order valence-electron chi connectivity index (χ2n) is 11.7. The molecule has 0 bridgehead atoms. The zero-order valence-electron chi connectivity index (χ0n) is 18.8. The van der Waals surface area contributed by atoms with Gasteiger partial charge in [0.1, 0.15) is 0 Å². The molecule has 0 aliphatic rings. The quantitative estimate of drug-likeness (QED) is 0.464. The predicted molar refractivity (Wildman–Crippen MR) is 114 cm³/mol. The maximum atomic E-state index is 6.42. The molecule has 4 heteroatoms. The lowest BCUT2D eigenvalue weighted by Gasteiger charge is -2.41. The molecule has 0 atom stereocenters. The summed E-state index contributed by atoms with van der Waals surface area (Å²) in [5.74, 6) is 0. The Bertz CT molecular complexity index is 290. The average Bonchev–Trinajstić information content (AvgIpc) is 2.25. The molecule has 146 valence electrons. The van der Waals surface area contributed by atoms with Crippen LogP contribution in [-0.4, -0.2) is 31.7 Å². The second kappa shape index (κ2) is 8.83. The van der Waals surface area contributed by atoms with Crippen molar-refractivity contribution < 1.29 is 8.85 Å². The van der Waals surface area contributed by atoms with Gasteiger partial charge in [-0.3, -0.25) is 0 Å². The molecule has 0 aromatic heterocycles. The van der Waals surface area contributed by atoms with Gasteiger partial charge in [-0.25, -0.2) is 0 Å². The minimum atomic E-state index is -0.454. The van der Waals surface area contributed by atoms with Gasteiger partial charge >= 0.3 is 0 Å². The van der Waals surface area contributed by atoms with Crippen molar-refractivity contribution in [1.82, 2.24) is 0 Å². The van der Waals surface area contributed by atoms with Crippen LogP contribution in [0.4, 0.5) is 0 Å². The van der Waals surface area contributed by atoms with Crippen molar-refractivity contribution in [2.75, 3.05) is 0 Å². The lowest BCUT2D eigenvalue weighted by molar-refractivity contribution is -0.00145. The first-order valence-corrected chi connectivity index (χ1v) is 12.9. The van der Waals surface area contributed by atoms with Crippen molar-refractivity contribution in [2.24, 2.45) is 21.7 Å². The van der Waals surface area contributed by atoms with E-state index in [-0.39, 0.29) is 21.7 Å². The Labute approximate surface area is 157 Å². The summed E-state index contributed by atoms with van der Waals surface area (Å²) in [6.07, 6.45) is 0.687. The van der Waals surface area contributed by atoms with Gasteiger partial charge in [-0.15, -0.1) is 0 Å². The molecule has 0 rings (SSSR count). The molecular weight excluding hydrogens is 328 g/mol. The molecule has 24 heavy (non-hydrogen) atoms. The van der Waals surface area contributed by atoms with Crippen LogP contribution in [0, 0.1) is 21.7 Å². The first kappa shape index (κ1) is 24.4. The summed E-state index contributed by atoms with van der Waals surface area (Å²) in [7, 11) is -0.909. The highest BCUT2D eigenvalue weighted by atomic mass is 28.2. The molecule has 0 amide bonds. The Kier molecular flexibility index (Phi) is 8.96. The minimum Gasteiger partial charge on any atom is -0.420 e. The molecular formula is C20H46O2Si2. The van der Waals surface area contributed by atoms with Gasteiger partial charge in [-0.1, -0.05) is 83.1 Å². The van der Waals surface area contributed by atoms with E-state index in [4.69, 9.17) is 8.85 Å². The lowest BCUT2D eigenvalue weighted by atomic mass is 9.74. The van der Waals surface area contributed by atoms with Gasteiger partial charge in [-0.05, 0) is 33.7 Å². The standard InChI is InChI=1S/C20H46O2Si2/c1-17(2,3)15(18(4,5)6)21-23-13-14-24-22-16(19(7,8)9)20(10,11)12/h15-16H,13-14,23-24H2,1-12H3. The largest absolute Gasteiger partial charge is 0.420 e. The van der Waals surface area contributed by atoms with Crippen molar-refractivity contribution in [3.63, 3.8) is 0 Å². The Morgan fingerprint density at radius 3 is 0.875 bits per heavy atom. The van der Waals surface area contributed by atoms with Crippen molar-refractivity contribution in [3.05, 3.63) is 0 Å². The van der Waals surface area contributed by atoms with E-state index in [1.54, 1.807) is 0 Å². The summed E-state index contributed by atoms with van der Waals surface area (Å²) in [6.45, 7) is 27.6. The van der Waals surface area contributed by atoms with Crippen molar-refractivity contribution in [2.45, 2.75) is 107 Å². The monoisotopic (exact) mass is 374 g/mol. The van der Waals surface area contributed by atoms with E-state index in [0.717, 1.165) is 0 Å². The van der Waals surface area contributed by atoms with Crippen LogP contribution in [-0.2, 0) is 8.85 Å². The topological polar surface area (TPSA) is 18.5 Å². The summed E-state index contributed by atoms with van der Waals surface area (Å²) >= 11 is 0. The smallest absolute Gasteiger partial charge is 0.161 e. The third kappa shape index (κ3) is 9.16. The van der Waals surface area contributed by atoms with Crippen LogP contribution in [0.2, 0.25) is 12.1 Å². The van der Waals surface area contributed by atoms with Crippen LogP contribution in [0.15, 0.2) is 0 Å². The maximum Gasteiger partial charge on any atom is 0.161 e. The first-order valence-electron chi connectivity index (χ1n) is 9.70. The Morgan fingerprint density at radius 1 is 0.500 bits per heavy atom. The maximum absolute atomic E-state index is 6.42. The Hall–Kier alpha value is 0.354. The van der Waals surface area contributed by atoms with E-state index in [2.05, 4.69) is 83.1 Å². The fraction of sp³-hybridized carbons (Fsp3) is 1.00. The van der Waals surface area contributed by atoms with Crippen LogP contribution in [0.25, 0.3) is 0 Å². The normalized spacial score (nSPS) is 15.8. The molecule has 0 saturated heterocycles. The molecule has 0 N–H and O–H groups in total. The highest BCUT2D eigenvalue weighted by molar-refractivity contribution is 6.34. The fourth-order valence-corrected chi connectivity index (χ4v) is 8.64. The molecule has 0 aromatic carbocycles. The van der Waals surface area contributed by atoms with Crippen molar-refractivity contribution >= 4 is 19.5 Å². The predicted octanol–water partition coefficient (Wildman–Crippen LogP) is 4.95. The SMILES string of the molecule is CC(C)(C)C(O[SiH2]CC[SiH2]OC(C(C)(C)C)C(C)(C)C)C(C)(C)C. The number of rotatable bonds is 7. The van der Waals surface area contributed by atoms with Crippen LogP contribution in [0.3, 0.4) is 0 Å². The molecule has 0 aromatic rings. The average molecular weight is 375 g/mol. The molecule has 0 fully saturated rings. The van der Waals surface area contributed by atoms with Gasteiger partial charge < -0.3 is 8.85 Å². The highest BCUT2D eigenvalue weighted by Crippen LogP contribution is 2.37. The molecule has 0 aliphatic carbocycles. The molecule has 0 saturated carbocycles. The third-order valence-electron chi connectivity index (χ3n) is 4.25. The van der Waals surface area contributed by atoms with E-state index in [0.29, 0.717) is 12.2 Å². The zero-order valence-corrected chi connectivity index (χ0v) is 21.6. The van der Waals surface area contributed by atoms with Crippen LogP contribution in [0.1, 0.15) is 83.1 Å². The molecule has 0 spiro atoms. The van der Waals surface area contributed by atoms with E-state index in [1.165, 1.54) is 12.1 Å². The number of hydrogen-bond acceptors (Lipinski definition) is 2. The van der Waals surface area contributed by atoms with Gasteiger partial charge in [0.25, 0.3) is 0 Å². The van der Waals surface area contributed by atoms with Crippen LogP contribution in [0.5, 0.6) is 0 Å². The second-order valence-corrected chi connectivity index (χ2v) is 14.6.